The summed E-state index contributed by atoms with van der Waals surface area (Å²) < 4.78 is 0. The minimum Gasteiger partial charge on any atom is -0.365 e. The molecule has 2 aliphatic heterocycles. The first-order chi connectivity index (χ1) is 15.2. The van der Waals surface area contributed by atoms with Gasteiger partial charge in [0, 0.05) is 24.8 Å². The summed E-state index contributed by atoms with van der Waals surface area (Å²) in [5.74, 6) is 0.0363. The van der Waals surface area contributed by atoms with Crippen LogP contribution in [0.5, 0.6) is 0 Å². The molecular formula is C27H31N3OS. The molecule has 2 heterocycles. The van der Waals surface area contributed by atoms with Crippen LogP contribution in [0.3, 0.4) is 0 Å². The zero-order valence-corrected chi connectivity index (χ0v) is 20.6. The zero-order valence-electron chi connectivity index (χ0n) is 19.8. The molecule has 5 heteroatoms. The van der Waals surface area contributed by atoms with Crippen LogP contribution in [0.1, 0.15) is 50.8 Å². The highest BCUT2D eigenvalue weighted by Crippen LogP contribution is 2.41. The van der Waals surface area contributed by atoms with Gasteiger partial charge >= 0.3 is 0 Å². The Balaban J connectivity index is 1.73. The molecule has 0 radical (unpaired) electrons. The number of nitrogens with zero attached hydrogens (tertiary/aromatic N) is 3. The summed E-state index contributed by atoms with van der Waals surface area (Å²) in [7, 11) is 2.14. The van der Waals surface area contributed by atoms with E-state index in [1.807, 2.05) is 36.4 Å². The maximum absolute atomic E-state index is 13.2. The van der Waals surface area contributed by atoms with Crippen LogP contribution in [0.25, 0.3) is 11.6 Å². The minimum absolute atomic E-state index is 0.0236. The quantitative estimate of drug-likeness (QED) is 0.495. The Labute approximate surface area is 195 Å². The van der Waals surface area contributed by atoms with E-state index in [0.29, 0.717) is 6.54 Å². The van der Waals surface area contributed by atoms with Gasteiger partial charge in [-0.3, -0.25) is 9.69 Å². The standard InChI is InChI=1S/C27H31N3OS/c1-7-13-30-25(31)24(32-26(30)28-21-11-9-8-10-12-21)16-20-15-22-19(3)17-27(4,5)29(6)23(22)14-18(20)2/h8-12,14-17H,7,13H2,1-6H3/b24-16+,28-26?. The summed E-state index contributed by atoms with van der Waals surface area (Å²) in [6.45, 7) is 11.5. The maximum Gasteiger partial charge on any atom is 0.266 e. The molecule has 2 aromatic rings. The average Bonchev–Trinajstić information content (AvgIpc) is 3.03. The predicted molar refractivity (Wildman–Crippen MR) is 138 cm³/mol. The Morgan fingerprint density at radius 1 is 1.12 bits per heavy atom. The van der Waals surface area contributed by atoms with Crippen LogP contribution in [0, 0.1) is 6.92 Å². The lowest BCUT2D eigenvalue weighted by atomic mass is 9.87. The van der Waals surface area contributed by atoms with Crippen molar-refractivity contribution in [1.82, 2.24) is 4.90 Å². The number of anilines is 1. The lowest BCUT2D eigenvalue weighted by Gasteiger charge is -2.41. The monoisotopic (exact) mass is 445 g/mol. The summed E-state index contributed by atoms with van der Waals surface area (Å²) in [5, 5.41) is 0.752. The predicted octanol–water partition coefficient (Wildman–Crippen LogP) is 6.64. The maximum atomic E-state index is 13.2. The number of aryl methyl sites for hydroxylation is 1. The molecule has 0 aliphatic carbocycles. The number of para-hydroxylation sites is 1. The van der Waals surface area contributed by atoms with Crippen LogP contribution >= 0.6 is 11.8 Å². The molecule has 32 heavy (non-hydrogen) atoms. The van der Waals surface area contributed by atoms with Crippen molar-refractivity contribution in [2.45, 2.75) is 46.6 Å². The van der Waals surface area contributed by atoms with E-state index in [9.17, 15) is 4.79 Å². The molecule has 0 N–H and O–H groups in total. The van der Waals surface area contributed by atoms with Gasteiger partial charge in [0.05, 0.1) is 16.1 Å². The first kappa shape index (κ1) is 22.4. The second-order valence-corrected chi connectivity index (χ2v) is 10.1. The SMILES string of the molecule is CCCN1C(=O)/C(=C\c2cc3c(cc2C)N(C)C(C)(C)C=C3C)SC1=Nc1ccccc1. The number of aliphatic imine (C=N–C) groups is 1. The van der Waals surface area contributed by atoms with Crippen LogP contribution in [-0.2, 0) is 4.79 Å². The van der Waals surface area contributed by atoms with Crippen LogP contribution in [0.2, 0.25) is 0 Å². The fraction of sp³-hybridized carbons (Fsp3) is 0.333. The van der Waals surface area contributed by atoms with Crippen molar-refractivity contribution in [1.29, 1.82) is 0 Å². The van der Waals surface area contributed by atoms with Crippen molar-refractivity contribution in [3.8, 4) is 0 Å². The van der Waals surface area contributed by atoms with Gasteiger partial charge in [0.15, 0.2) is 5.17 Å². The molecule has 0 atom stereocenters. The summed E-state index contributed by atoms with van der Waals surface area (Å²) in [4.78, 5) is 22.8. The molecule has 0 saturated carbocycles. The van der Waals surface area contributed by atoms with E-state index < -0.39 is 0 Å². The molecular weight excluding hydrogens is 414 g/mol. The third-order valence-electron chi connectivity index (χ3n) is 6.21. The number of allylic oxidation sites excluding steroid dienone is 1. The highest BCUT2D eigenvalue weighted by molar-refractivity contribution is 8.18. The summed E-state index contributed by atoms with van der Waals surface area (Å²) in [5.41, 5.74) is 6.82. The van der Waals surface area contributed by atoms with Crippen molar-refractivity contribution >= 4 is 45.9 Å². The smallest absolute Gasteiger partial charge is 0.266 e. The van der Waals surface area contributed by atoms with Crippen LogP contribution in [0.4, 0.5) is 11.4 Å². The van der Waals surface area contributed by atoms with Crippen LogP contribution in [-0.4, -0.2) is 35.1 Å². The van der Waals surface area contributed by atoms with Gasteiger partial charge in [0.2, 0.25) is 0 Å². The number of carbonyl (C=O) groups excluding carboxylic acids is 1. The minimum atomic E-state index is -0.0236. The van der Waals surface area contributed by atoms with Gasteiger partial charge < -0.3 is 4.90 Å². The van der Waals surface area contributed by atoms with Gasteiger partial charge in [-0.2, -0.15) is 0 Å². The number of amidine groups is 1. The third kappa shape index (κ3) is 4.14. The Morgan fingerprint density at radius 3 is 2.53 bits per heavy atom. The summed E-state index contributed by atoms with van der Waals surface area (Å²) in [6.07, 6.45) is 5.23. The van der Waals surface area contributed by atoms with Gasteiger partial charge in [0.1, 0.15) is 0 Å². The first-order valence-electron chi connectivity index (χ1n) is 11.1. The number of rotatable bonds is 4. The Morgan fingerprint density at radius 2 is 1.84 bits per heavy atom. The number of hydrogen-bond acceptors (Lipinski definition) is 4. The van der Waals surface area contributed by atoms with Gasteiger partial charge in [0.25, 0.3) is 5.91 Å². The van der Waals surface area contributed by atoms with Crippen molar-refractivity contribution in [3.05, 3.63) is 70.1 Å². The Kier molecular flexibility index (Phi) is 6.04. The molecule has 4 rings (SSSR count). The van der Waals surface area contributed by atoms with E-state index in [1.165, 1.54) is 28.6 Å². The van der Waals surface area contributed by atoms with Crippen molar-refractivity contribution in [2.75, 3.05) is 18.5 Å². The summed E-state index contributed by atoms with van der Waals surface area (Å²) in [6, 6.07) is 14.3. The van der Waals surface area contributed by atoms with Gasteiger partial charge in [-0.1, -0.05) is 31.2 Å². The lowest BCUT2D eigenvalue weighted by molar-refractivity contribution is -0.122. The topological polar surface area (TPSA) is 35.9 Å². The van der Waals surface area contributed by atoms with E-state index in [1.54, 1.807) is 4.90 Å². The van der Waals surface area contributed by atoms with E-state index >= 15 is 0 Å². The fourth-order valence-electron chi connectivity index (χ4n) is 4.24. The Hall–Kier alpha value is -2.79. The highest BCUT2D eigenvalue weighted by atomic mass is 32.2. The van der Waals surface area contributed by atoms with Gasteiger partial charge in [-0.25, -0.2) is 4.99 Å². The largest absolute Gasteiger partial charge is 0.365 e. The second-order valence-electron chi connectivity index (χ2n) is 9.06. The number of hydrogen-bond donors (Lipinski definition) is 0. The van der Waals surface area contributed by atoms with Crippen molar-refractivity contribution < 1.29 is 4.79 Å². The molecule has 4 nitrogen and oxygen atoms in total. The van der Waals surface area contributed by atoms with Crippen LogP contribution < -0.4 is 4.90 Å². The van der Waals surface area contributed by atoms with Gasteiger partial charge in [-0.05, 0) is 92.9 Å². The van der Waals surface area contributed by atoms with Crippen molar-refractivity contribution in [3.63, 3.8) is 0 Å². The molecule has 0 spiro atoms. The number of carbonyl (C=O) groups is 1. The number of likely N-dealkylation sites (N-methyl/N-ethyl adjacent to an activating group) is 1. The Bertz CT molecular complexity index is 1140. The summed E-state index contributed by atoms with van der Waals surface area (Å²) >= 11 is 1.47. The molecule has 166 valence electrons. The van der Waals surface area contributed by atoms with E-state index in [0.717, 1.165) is 33.3 Å². The zero-order chi connectivity index (χ0) is 23.0. The number of fused-ring (bicyclic) bond motifs is 1. The molecule has 2 aliphatic rings. The molecule has 2 aromatic carbocycles. The number of benzene rings is 2. The fourth-order valence-corrected chi connectivity index (χ4v) is 5.26. The molecule has 0 aromatic heterocycles. The second kappa shape index (κ2) is 8.62. The molecule has 1 amide bonds. The average molecular weight is 446 g/mol. The molecule has 1 saturated heterocycles. The third-order valence-corrected chi connectivity index (χ3v) is 7.21. The number of amides is 1. The number of thioether (sulfide) groups is 1. The lowest BCUT2D eigenvalue weighted by Crippen LogP contribution is -2.42. The first-order valence-corrected chi connectivity index (χ1v) is 12.0. The van der Waals surface area contributed by atoms with E-state index in [2.05, 4.69) is 64.8 Å². The van der Waals surface area contributed by atoms with Crippen molar-refractivity contribution in [2.24, 2.45) is 4.99 Å². The molecule has 0 unspecified atom stereocenters. The highest BCUT2D eigenvalue weighted by Gasteiger charge is 2.33. The van der Waals surface area contributed by atoms with E-state index in [4.69, 9.17) is 4.99 Å². The normalized spacial score (nSPS) is 20.2. The molecule has 1 fully saturated rings. The van der Waals surface area contributed by atoms with E-state index in [-0.39, 0.29) is 11.4 Å². The molecule has 0 bridgehead atoms. The van der Waals surface area contributed by atoms with Crippen LogP contribution in [0.15, 0.2) is 58.4 Å². The van der Waals surface area contributed by atoms with Gasteiger partial charge in [-0.15, -0.1) is 0 Å².